The van der Waals surface area contributed by atoms with E-state index >= 15 is 0 Å². The first-order valence-corrected chi connectivity index (χ1v) is 9.58. The average Bonchev–Trinajstić information content (AvgIpc) is 2.14. The number of rotatable bonds is 4. The van der Waals surface area contributed by atoms with Crippen LogP contribution >= 0.6 is 0 Å². The second-order valence-electron chi connectivity index (χ2n) is 5.43. The zero-order valence-electron chi connectivity index (χ0n) is 10.2. The van der Waals surface area contributed by atoms with Gasteiger partial charge in [-0.15, -0.1) is 0 Å². The molecule has 2 unspecified atom stereocenters. The molecular formula is C12H25OSi. The summed E-state index contributed by atoms with van der Waals surface area (Å²) < 4.78 is 5.98. The Morgan fingerprint density at radius 3 is 2.50 bits per heavy atom. The lowest BCUT2D eigenvalue weighted by molar-refractivity contribution is 0.0704. The summed E-state index contributed by atoms with van der Waals surface area (Å²) in [5.41, 5.74) is 0.549. The van der Waals surface area contributed by atoms with Crippen molar-refractivity contribution in [3.05, 3.63) is 6.42 Å². The van der Waals surface area contributed by atoms with Crippen molar-refractivity contribution in [1.29, 1.82) is 0 Å². The number of hydrogen-bond donors (Lipinski definition) is 0. The lowest BCUT2D eigenvalue weighted by atomic mass is 9.90. The van der Waals surface area contributed by atoms with Crippen LogP contribution in [0.25, 0.3) is 0 Å². The summed E-state index contributed by atoms with van der Waals surface area (Å²) in [4.78, 5) is 0. The van der Waals surface area contributed by atoms with Crippen molar-refractivity contribution in [2.24, 2.45) is 5.92 Å². The summed E-state index contributed by atoms with van der Waals surface area (Å²) in [5.74, 6) is 0.746. The predicted octanol–water partition coefficient (Wildman–Crippen LogP) is 3.66. The van der Waals surface area contributed by atoms with E-state index in [0.717, 1.165) is 12.5 Å². The summed E-state index contributed by atoms with van der Waals surface area (Å²) in [6.45, 7) is 10.3. The smallest absolute Gasteiger partial charge is 0.0789 e. The normalized spacial score (nSPS) is 22.3. The molecule has 0 N–H and O–H groups in total. The second-order valence-corrected chi connectivity index (χ2v) is 10.7. The van der Waals surface area contributed by atoms with E-state index in [4.69, 9.17) is 4.74 Å². The van der Waals surface area contributed by atoms with Crippen LogP contribution in [0.5, 0.6) is 0 Å². The second kappa shape index (κ2) is 5.31. The molecular weight excluding hydrogens is 188 g/mol. The molecule has 1 radical (unpaired) electrons. The number of ether oxygens (including phenoxy) is 1. The van der Waals surface area contributed by atoms with Crippen LogP contribution in [0, 0.1) is 12.3 Å². The Kier molecular flexibility index (Phi) is 4.65. The van der Waals surface area contributed by atoms with E-state index in [1.54, 1.807) is 0 Å². The van der Waals surface area contributed by atoms with E-state index < -0.39 is 8.07 Å². The first kappa shape index (κ1) is 12.2. The van der Waals surface area contributed by atoms with Crippen LogP contribution in [0.2, 0.25) is 19.6 Å². The van der Waals surface area contributed by atoms with E-state index in [1.807, 2.05) is 0 Å². The first-order chi connectivity index (χ1) is 6.55. The maximum Gasteiger partial charge on any atom is 0.0789 e. The molecule has 0 spiro atoms. The molecule has 0 aromatic heterocycles. The van der Waals surface area contributed by atoms with Crippen molar-refractivity contribution in [3.8, 4) is 0 Å². The molecule has 1 fully saturated rings. The summed E-state index contributed by atoms with van der Waals surface area (Å²) in [6, 6.07) is 0. The Morgan fingerprint density at radius 2 is 2.07 bits per heavy atom. The first-order valence-electron chi connectivity index (χ1n) is 6.00. The SMILES string of the molecule is CCOC(C1[CH]CCCC1)[Si](C)(C)C. The van der Waals surface area contributed by atoms with Gasteiger partial charge in [-0.2, -0.15) is 0 Å². The number of hydrogen-bond acceptors (Lipinski definition) is 1. The standard InChI is InChI=1S/C12H25OSi/c1-5-13-12(14(2,3)4)11-9-7-6-8-10-11/h9,11-12H,5-8,10H2,1-4H3. The minimum atomic E-state index is -1.15. The van der Waals surface area contributed by atoms with Gasteiger partial charge < -0.3 is 4.74 Å². The maximum atomic E-state index is 5.98. The quantitative estimate of drug-likeness (QED) is 0.648. The van der Waals surface area contributed by atoms with Gasteiger partial charge in [0.05, 0.1) is 13.8 Å². The van der Waals surface area contributed by atoms with Gasteiger partial charge in [0.15, 0.2) is 0 Å². The van der Waals surface area contributed by atoms with Gasteiger partial charge in [-0.1, -0.05) is 32.5 Å². The molecule has 1 aliphatic rings. The van der Waals surface area contributed by atoms with Crippen molar-refractivity contribution >= 4 is 8.07 Å². The monoisotopic (exact) mass is 213 g/mol. The fourth-order valence-electron chi connectivity index (χ4n) is 2.44. The van der Waals surface area contributed by atoms with Gasteiger partial charge in [0.2, 0.25) is 0 Å². The third-order valence-corrected chi connectivity index (χ3v) is 5.35. The molecule has 0 bridgehead atoms. The van der Waals surface area contributed by atoms with Crippen LogP contribution in [-0.4, -0.2) is 20.4 Å². The highest BCUT2D eigenvalue weighted by Crippen LogP contribution is 2.31. The van der Waals surface area contributed by atoms with Crippen LogP contribution in [0.3, 0.4) is 0 Å². The zero-order valence-corrected chi connectivity index (χ0v) is 11.2. The molecule has 0 aliphatic heterocycles. The van der Waals surface area contributed by atoms with Gasteiger partial charge in [-0.25, -0.2) is 0 Å². The molecule has 0 saturated heterocycles. The van der Waals surface area contributed by atoms with E-state index in [9.17, 15) is 0 Å². The van der Waals surface area contributed by atoms with Crippen molar-refractivity contribution in [3.63, 3.8) is 0 Å². The van der Waals surface area contributed by atoms with Crippen LogP contribution in [0.4, 0.5) is 0 Å². The van der Waals surface area contributed by atoms with E-state index in [0.29, 0.717) is 5.73 Å². The van der Waals surface area contributed by atoms with E-state index in [-0.39, 0.29) is 0 Å². The van der Waals surface area contributed by atoms with Gasteiger partial charge in [-0.3, -0.25) is 0 Å². The summed E-state index contributed by atoms with van der Waals surface area (Å²) in [6.07, 6.45) is 7.96. The summed E-state index contributed by atoms with van der Waals surface area (Å²) >= 11 is 0. The molecule has 0 aromatic rings. The lowest BCUT2D eigenvalue weighted by Gasteiger charge is -2.37. The van der Waals surface area contributed by atoms with E-state index in [1.165, 1.54) is 25.7 Å². The van der Waals surface area contributed by atoms with Crippen LogP contribution < -0.4 is 0 Å². The van der Waals surface area contributed by atoms with Crippen LogP contribution in [0.15, 0.2) is 0 Å². The van der Waals surface area contributed by atoms with Crippen molar-refractivity contribution in [2.75, 3.05) is 6.61 Å². The van der Waals surface area contributed by atoms with Crippen LogP contribution in [0.1, 0.15) is 32.6 Å². The van der Waals surface area contributed by atoms with Crippen molar-refractivity contribution < 1.29 is 4.74 Å². The summed E-state index contributed by atoms with van der Waals surface area (Å²) in [7, 11) is -1.15. The molecule has 0 heterocycles. The Balaban J connectivity index is 2.56. The lowest BCUT2D eigenvalue weighted by Crippen LogP contribution is -2.46. The molecule has 2 atom stereocenters. The molecule has 2 heteroatoms. The van der Waals surface area contributed by atoms with Gasteiger partial charge in [-0.05, 0) is 32.1 Å². The Morgan fingerprint density at radius 1 is 1.36 bits per heavy atom. The fraction of sp³-hybridized carbons (Fsp3) is 0.917. The highest BCUT2D eigenvalue weighted by Gasteiger charge is 2.34. The maximum absolute atomic E-state index is 5.98. The van der Waals surface area contributed by atoms with E-state index in [2.05, 4.69) is 33.0 Å². The van der Waals surface area contributed by atoms with Gasteiger partial charge in [0.1, 0.15) is 0 Å². The average molecular weight is 213 g/mol. The highest BCUT2D eigenvalue weighted by atomic mass is 28.3. The van der Waals surface area contributed by atoms with Gasteiger partial charge in [0.25, 0.3) is 0 Å². The minimum absolute atomic E-state index is 0.549. The molecule has 83 valence electrons. The molecule has 0 aromatic carbocycles. The summed E-state index contributed by atoms with van der Waals surface area (Å²) in [5, 5.41) is 0. The van der Waals surface area contributed by atoms with Crippen molar-refractivity contribution in [1.82, 2.24) is 0 Å². The predicted molar refractivity (Wildman–Crippen MR) is 65.0 cm³/mol. The molecule has 0 amide bonds. The molecule has 1 rings (SSSR count). The third-order valence-electron chi connectivity index (χ3n) is 3.05. The van der Waals surface area contributed by atoms with Gasteiger partial charge >= 0.3 is 0 Å². The molecule has 1 nitrogen and oxygen atoms in total. The molecule has 1 aliphatic carbocycles. The Labute approximate surface area is 90.2 Å². The Bertz CT molecular complexity index is 156. The largest absolute Gasteiger partial charge is 0.382 e. The fourth-order valence-corrected chi connectivity index (χ4v) is 4.70. The Hall–Kier alpha value is 0.177. The third kappa shape index (κ3) is 3.39. The van der Waals surface area contributed by atoms with Crippen LogP contribution in [-0.2, 0) is 4.74 Å². The highest BCUT2D eigenvalue weighted by molar-refractivity contribution is 6.77. The molecule has 14 heavy (non-hydrogen) atoms. The topological polar surface area (TPSA) is 9.23 Å². The molecule has 1 saturated carbocycles. The minimum Gasteiger partial charge on any atom is -0.382 e. The van der Waals surface area contributed by atoms with Crippen molar-refractivity contribution in [2.45, 2.75) is 58.0 Å². The zero-order chi connectivity index (χ0) is 10.6. The van der Waals surface area contributed by atoms with Gasteiger partial charge in [0, 0.05) is 6.61 Å².